The van der Waals surface area contributed by atoms with Crippen molar-refractivity contribution >= 4 is 0 Å². The standard InChI is InChI=1S/C19H28N4/c1-14(15-7-9-20-10-8-15)21-12-16-6-5-11-23-13-17(19(2,3)4)22-18(16)23/h7-10,13-14,16,21H,5-6,11-12H2,1-4H3/t14-,16+/m0/s1. The minimum atomic E-state index is 0.118. The maximum atomic E-state index is 4.97. The van der Waals surface area contributed by atoms with E-state index in [-0.39, 0.29) is 5.41 Å². The van der Waals surface area contributed by atoms with Crippen LogP contribution in [-0.2, 0) is 12.0 Å². The van der Waals surface area contributed by atoms with Crippen LogP contribution in [0.15, 0.2) is 30.7 Å². The van der Waals surface area contributed by atoms with E-state index in [1.165, 1.54) is 29.9 Å². The van der Waals surface area contributed by atoms with E-state index >= 15 is 0 Å². The van der Waals surface area contributed by atoms with Gasteiger partial charge in [0.05, 0.1) is 5.69 Å². The number of aromatic nitrogens is 3. The molecule has 2 atom stereocenters. The summed E-state index contributed by atoms with van der Waals surface area (Å²) in [5.74, 6) is 1.76. The first kappa shape index (κ1) is 16.2. The van der Waals surface area contributed by atoms with E-state index in [0.29, 0.717) is 12.0 Å². The van der Waals surface area contributed by atoms with Crippen molar-refractivity contribution < 1.29 is 0 Å². The number of nitrogens with zero attached hydrogens (tertiary/aromatic N) is 3. The van der Waals surface area contributed by atoms with Gasteiger partial charge < -0.3 is 9.88 Å². The van der Waals surface area contributed by atoms with Gasteiger partial charge in [-0.2, -0.15) is 0 Å². The van der Waals surface area contributed by atoms with E-state index in [2.05, 4.69) is 60.9 Å². The molecule has 2 aromatic heterocycles. The quantitative estimate of drug-likeness (QED) is 0.933. The van der Waals surface area contributed by atoms with Gasteiger partial charge in [0.15, 0.2) is 0 Å². The van der Waals surface area contributed by atoms with Gasteiger partial charge in [-0.15, -0.1) is 0 Å². The zero-order valence-corrected chi connectivity index (χ0v) is 14.7. The van der Waals surface area contributed by atoms with Crippen LogP contribution in [0.3, 0.4) is 0 Å². The normalized spacial score (nSPS) is 19.4. The molecule has 2 aromatic rings. The van der Waals surface area contributed by atoms with Crippen molar-refractivity contribution in [3.05, 3.63) is 47.8 Å². The van der Waals surface area contributed by atoms with Gasteiger partial charge in [-0.25, -0.2) is 4.98 Å². The molecule has 1 aliphatic heterocycles. The Kier molecular flexibility index (Phi) is 4.53. The van der Waals surface area contributed by atoms with Crippen molar-refractivity contribution in [1.29, 1.82) is 0 Å². The van der Waals surface area contributed by atoms with E-state index in [4.69, 9.17) is 4.98 Å². The number of pyridine rings is 1. The molecule has 0 spiro atoms. The molecule has 0 saturated heterocycles. The van der Waals surface area contributed by atoms with Gasteiger partial charge in [-0.1, -0.05) is 20.8 Å². The maximum absolute atomic E-state index is 4.97. The number of hydrogen-bond acceptors (Lipinski definition) is 3. The Morgan fingerprint density at radius 2 is 2.04 bits per heavy atom. The molecule has 3 heterocycles. The number of nitrogens with one attached hydrogen (secondary N) is 1. The van der Waals surface area contributed by atoms with Crippen LogP contribution in [0.4, 0.5) is 0 Å². The Balaban J connectivity index is 1.70. The van der Waals surface area contributed by atoms with Crippen molar-refractivity contribution in [2.45, 2.75) is 64.5 Å². The van der Waals surface area contributed by atoms with Crippen molar-refractivity contribution in [3.8, 4) is 0 Å². The molecule has 4 nitrogen and oxygen atoms in total. The molecule has 1 N–H and O–H groups in total. The second-order valence-electron chi connectivity index (χ2n) is 7.68. The van der Waals surface area contributed by atoms with Crippen molar-refractivity contribution in [1.82, 2.24) is 19.9 Å². The molecule has 3 rings (SSSR count). The fraction of sp³-hybridized carbons (Fsp3) is 0.579. The third-order valence-electron chi connectivity index (χ3n) is 4.77. The SMILES string of the molecule is C[C@H](NC[C@H]1CCCn2cc(C(C)(C)C)nc21)c1ccncc1. The highest BCUT2D eigenvalue weighted by Gasteiger charge is 2.26. The summed E-state index contributed by atoms with van der Waals surface area (Å²) in [6.07, 6.45) is 8.43. The van der Waals surface area contributed by atoms with Crippen LogP contribution in [0.2, 0.25) is 0 Å². The Labute approximate surface area is 139 Å². The predicted octanol–water partition coefficient (Wildman–Crippen LogP) is 3.80. The summed E-state index contributed by atoms with van der Waals surface area (Å²) in [5, 5.41) is 3.68. The molecular formula is C19H28N4. The van der Waals surface area contributed by atoms with Crippen LogP contribution in [0.1, 0.15) is 69.6 Å². The monoisotopic (exact) mass is 312 g/mol. The Bertz CT molecular complexity index is 639. The molecule has 1 aliphatic rings. The van der Waals surface area contributed by atoms with Crippen molar-refractivity contribution in [2.75, 3.05) is 6.54 Å². The fourth-order valence-electron chi connectivity index (χ4n) is 3.22. The fourth-order valence-corrected chi connectivity index (χ4v) is 3.22. The highest BCUT2D eigenvalue weighted by Crippen LogP contribution is 2.30. The van der Waals surface area contributed by atoms with Crippen molar-refractivity contribution in [2.24, 2.45) is 0 Å². The van der Waals surface area contributed by atoms with Crippen LogP contribution in [-0.4, -0.2) is 21.1 Å². The minimum absolute atomic E-state index is 0.118. The first-order valence-electron chi connectivity index (χ1n) is 8.66. The molecule has 0 radical (unpaired) electrons. The summed E-state index contributed by atoms with van der Waals surface area (Å²) in [6, 6.07) is 4.50. The molecule has 0 unspecified atom stereocenters. The van der Waals surface area contributed by atoms with Crippen LogP contribution in [0.5, 0.6) is 0 Å². The molecule has 23 heavy (non-hydrogen) atoms. The average molecular weight is 312 g/mol. The van der Waals surface area contributed by atoms with Gasteiger partial charge in [0.2, 0.25) is 0 Å². The third kappa shape index (κ3) is 3.63. The highest BCUT2D eigenvalue weighted by atomic mass is 15.1. The van der Waals surface area contributed by atoms with E-state index < -0.39 is 0 Å². The summed E-state index contributed by atoms with van der Waals surface area (Å²) in [6.45, 7) is 11.0. The molecule has 0 saturated carbocycles. The summed E-state index contributed by atoms with van der Waals surface area (Å²) in [4.78, 5) is 9.06. The lowest BCUT2D eigenvalue weighted by Crippen LogP contribution is -2.28. The number of rotatable bonds is 4. The van der Waals surface area contributed by atoms with Crippen LogP contribution in [0, 0.1) is 0 Å². The minimum Gasteiger partial charge on any atom is -0.334 e. The maximum Gasteiger partial charge on any atom is 0.113 e. The van der Waals surface area contributed by atoms with Crippen LogP contribution >= 0.6 is 0 Å². The zero-order chi connectivity index (χ0) is 16.4. The number of aryl methyl sites for hydroxylation is 1. The second-order valence-corrected chi connectivity index (χ2v) is 7.68. The first-order chi connectivity index (χ1) is 10.9. The lowest BCUT2D eigenvalue weighted by molar-refractivity contribution is 0.408. The Hall–Kier alpha value is -1.68. The molecule has 4 heteroatoms. The van der Waals surface area contributed by atoms with Gasteiger partial charge in [-0.3, -0.25) is 4.98 Å². The Morgan fingerprint density at radius 3 is 2.74 bits per heavy atom. The van der Waals surface area contributed by atoms with Gasteiger partial charge in [0.1, 0.15) is 5.82 Å². The molecule has 124 valence electrons. The topological polar surface area (TPSA) is 42.7 Å². The predicted molar refractivity (Wildman–Crippen MR) is 93.6 cm³/mol. The first-order valence-corrected chi connectivity index (χ1v) is 8.66. The number of hydrogen-bond donors (Lipinski definition) is 1. The van der Waals surface area contributed by atoms with E-state index in [1.807, 2.05) is 12.4 Å². The smallest absolute Gasteiger partial charge is 0.113 e. The molecule has 0 amide bonds. The van der Waals surface area contributed by atoms with Crippen LogP contribution < -0.4 is 5.32 Å². The summed E-state index contributed by atoms with van der Waals surface area (Å²) in [7, 11) is 0. The van der Waals surface area contributed by atoms with Gasteiger partial charge >= 0.3 is 0 Å². The van der Waals surface area contributed by atoms with Gasteiger partial charge in [0, 0.05) is 49.1 Å². The summed E-state index contributed by atoms with van der Waals surface area (Å²) >= 11 is 0. The van der Waals surface area contributed by atoms with E-state index in [1.54, 1.807) is 0 Å². The summed E-state index contributed by atoms with van der Waals surface area (Å²) in [5.41, 5.74) is 2.61. The Morgan fingerprint density at radius 1 is 1.30 bits per heavy atom. The van der Waals surface area contributed by atoms with Gasteiger partial charge in [0.25, 0.3) is 0 Å². The lowest BCUT2D eigenvalue weighted by Gasteiger charge is -2.25. The molecule has 0 bridgehead atoms. The highest BCUT2D eigenvalue weighted by molar-refractivity contribution is 5.18. The molecule has 0 fully saturated rings. The third-order valence-corrected chi connectivity index (χ3v) is 4.77. The van der Waals surface area contributed by atoms with E-state index in [9.17, 15) is 0 Å². The average Bonchev–Trinajstić information content (AvgIpc) is 2.98. The van der Waals surface area contributed by atoms with Crippen LogP contribution in [0.25, 0.3) is 0 Å². The van der Waals surface area contributed by atoms with Crippen molar-refractivity contribution in [3.63, 3.8) is 0 Å². The summed E-state index contributed by atoms with van der Waals surface area (Å²) < 4.78 is 2.37. The largest absolute Gasteiger partial charge is 0.334 e. The molecular weight excluding hydrogens is 284 g/mol. The number of imidazole rings is 1. The second kappa shape index (κ2) is 6.44. The molecule has 0 aromatic carbocycles. The molecule has 0 aliphatic carbocycles. The number of fused-ring (bicyclic) bond motifs is 1. The zero-order valence-electron chi connectivity index (χ0n) is 14.7. The lowest BCUT2D eigenvalue weighted by atomic mass is 9.93. The van der Waals surface area contributed by atoms with Gasteiger partial charge in [-0.05, 0) is 37.5 Å². The van der Waals surface area contributed by atoms with E-state index in [0.717, 1.165) is 13.1 Å².